The molecule has 0 saturated carbocycles. The number of hydrogen-bond donors (Lipinski definition) is 0. The van der Waals surface area contributed by atoms with Gasteiger partial charge in [0.05, 0.1) is 29.5 Å². The highest BCUT2D eigenvalue weighted by Gasteiger charge is 2.12. The molecule has 2 aromatic rings. The minimum Gasteiger partial charge on any atom is -0.494 e. The normalized spacial score (nSPS) is 10.4. The maximum atomic E-state index is 11.6. The predicted molar refractivity (Wildman–Crippen MR) is 62.1 cm³/mol. The minimum atomic E-state index is -0.337. The summed E-state index contributed by atoms with van der Waals surface area (Å²) in [7, 11) is 1.56. The first-order chi connectivity index (χ1) is 7.76. The van der Waals surface area contributed by atoms with Gasteiger partial charge >= 0.3 is 5.97 Å². The van der Waals surface area contributed by atoms with E-state index in [4.69, 9.17) is 9.47 Å². The van der Waals surface area contributed by atoms with Gasteiger partial charge in [0.1, 0.15) is 11.3 Å². The molecule has 0 radical (unpaired) electrons. The first kappa shape index (κ1) is 10.9. The molecule has 0 N–H and O–H groups in total. The van der Waals surface area contributed by atoms with Crippen LogP contribution in [0.4, 0.5) is 0 Å². The van der Waals surface area contributed by atoms with E-state index in [1.807, 2.05) is 0 Å². The van der Waals surface area contributed by atoms with Crippen LogP contribution in [0.5, 0.6) is 5.75 Å². The molecule has 0 bridgehead atoms. The number of thiazole rings is 1. The van der Waals surface area contributed by atoms with Crippen LogP contribution >= 0.6 is 11.3 Å². The summed E-state index contributed by atoms with van der Waals surface area (Å²) in [4.78, 5) is 15.8. The van der Waals surface area contributed by atoms with Crippen LogP contribution in [-0.4, -0.2) is 24.7 Å². The molecule has 0 saturated heterocycles. The van der Waals surface area contributed by atoms with Crippen molar-refractivity contribution in [2.45, 2.75) is 6.92 Å². The van der Waals surface area contributed by atoms with Gasteiger partial charge in [-0.1, -0.05) is 0 Å². The van der Waals surface area contributed by atoms with E-state index >= 15 is 0 Å². The number of carbonyl (C=O) groups excluding carboxylic acids is 1. The first-order valence-electron chi connectivity index (χ1n) is 4.84. The van der Waals surface area contributed by atoms with Crippen molar-refractivity contribution in [3.05, 3.63) is 23.2 Å². The highest BCUT2D eigenvalue weighted by Crippen LogP contribution is 2.29. The third kappa shape index (κ3) is 1.86. The molecule has 0 spiro atoms. The molecule has 0 aliphatic heterocycles. The summed E-state index contributed by atoms with van der Waals surface area (Å²) in [6.07, 6.45) is 0. The monoisotopic (exact) mass is 237 g/mol. The van der Waals surface area contributed by atoms with Crippen molar-refractivity contribution in [3.63, 3.8) is 0 Å². The van der Waals surface area contributed by atoms with Gasteiger partial charge in [-0.25, -0.2) is 9.78 Å². The van der Waals surface area contributed by atoms with Crippen LogP contribution in [-0.2, 0) is 4.74 Å². The lowest BCUT2D eigenvalue weighted by Gasteiger charge is -2.05. The van der Waals surface area contributed by atoms with Crippen molar-refractivity contribution < 1.29 is 14.3 Å². The van der Waals surface area contributed by atoms with E-state index in [0.29, 0.717) is 17.9 Å². The highest BCUT2D eigenvalue weighted by molar-refractivity contribution is 7.16. The lowest BCUT2D eigenvalue weighted by molar-refractivity contribution is 0.0526. The molecule has 1 aromatic carbocycles. The Balaban J connectivity index is 2.51. The summed E-state index contributed by atoms with van der Waals surface area (Å²) in [5.41, 5.74) is 3.00. The Hall–Kier alpha value is -1.62. The lowest BCUT2D eigenvalue weighted by Crippen LogP contribution is -2.04. The van der Waals surface area contributed by atoms with Crippen molar-refractivity contribution in [2.75, 3.05) is 13.7 Å². The van der Waals surface area contributed by atoms with Crippen molar-refractivity contribution in [3.8, 4) is 5.75 Å². The maximum absolute atomic E-state index is 11.6. The largest absolute Gasteiger partial charge is 0.494 e. The number of nitrogens with zero attached hydrogens (tertiary/aromatic N) is 1. The fourth-order valence-electron chi connectivity index (χ4n) is 1.42. The molecular formula is C11H11NO3S. The van der Waals surface area contributed by atoms with E-state index in [2.05, 4.69) is 4.98 Å². The molecule has 84 valence electrons. The molecule has 4 nitrogen and oxygen atoms in total. The second kappa shape index (κ2) is 4.49. The van der Waals surface area contributed by atoms with Crippen LogP contribution in [0.2, 0.25) is 0 Å². The average Bonchev–Trinajstić information content (AvgIpc) is 2.75. The SMILES string of the molecule is CCOC(=O)c1cc(OC)c2ncsc2c1. The molecule has 0 unspecified atom stereocenters. The van der Waals surface area contributed by atoms with Gasteiger partial charge in [-0.2, -0.15) is 0 Å². The molecule has 0 fully saturated rings. The Kier molecular flexibility index (Phi) is 3.05. The van der Waals surface area contributed by atoms with Crippen LogP contribution in [0.15, 0.2) is 17.6 Å². The number of fused-ring (bicyclic) bond motifs is 1. The number of methoxy groups -OCH3 is 1. The molecule has 0 atom stereocenters. The Morgan fingerprint density at radius 2 is 2.31 bits per heavy atom. The molecule has 5 heteroatoms. The van der Waals surface area contributed by atoms with Gasteiger partial charge < -0.3 is 9.47 Å². The van der Waals surface area contributed by atoms with Gasteiger partial charge in [0.2, 0.25) is 0 Å². The lowest BCUT2D eigenvalue weighted by atomic mass is 10.2. The quantitative estimate of drug-likeness (QED) is 0.769. The number of benzene rings is 1. The van der Waals surface area contributed by atoms with E-state index in [9.17, 15) is 4.79 Å². The number of carbonyl (C=O) groups is 1. The highest BCUT2D eigenvalue weighted by atomic mass is 32.1. The Morgan fingerprint density at radius 3 is 3.00 bits per heavy atom. The van der Waals surface area contributed by atoms with Crippen LogP contribution < -0.4 is 4.74 Å². The zero-order chi connectivity index (χ0) is 11.5. The molecule has 2 rings (SSSR count). The Bertz CT molecular complexity index is 521. The predicted octanol–water partition coefficient (Wildman–Crippen LogP) is 2.48. The van der Waals surface area contributed by atoms with Gasteiger partial charge in [0.15, 0.2) is 0 Å². The van der Waals surface area contributed by atoms with Crippen molar-refractivity contribution in [1.29, 1.82) is 0 Å². The van der Waals surface area contributed by atoms with Gasteiger partial charge in [-0.3, -0.25) is 0 Å². The number of hydrogen-bond acceptors (Lipinski definition) is 5. The summed E-state index contributed by atoms with van der Waals surface area (Å²) in [6.45, 7) is 2.14. The number of rotatable bonds is 3. The van der Waals surface area contributed by atoms with E-state index in [1.165, 1.54) is 11.3 Å². The summed E-state index contributed by atoms with van der Waals surface area (Å²) in [5.74, 6) is 0.262. The molecule has 0 aliphatic carbocycles. The fourth-order valence-corrected chi connectivity index (χ4v) is 2.15. The van der Waals surface area contributed by atoms with Gasteiger partial charge in [0.25, 0.3) is 0 Å². The Morgan fingerprint density at radius 1 is 1.50 bits per heavy atom. The van der Waals surface area contributed by atoms with Gasteiger partial charge in [0, 0.05) is 0 Å². The third-order valence-electron chi connectivity index (χ3n) is 2.13. The van der Waals surface area contributed by atoms with E-state index < -0.39 is 0 Å². The topological polar surface area (TPSA) is 48.4 Å². The molecule has 1 aromatic heterocycles. The first-order valence-corrected chi connectivity index (χ1v) is 5.72. The summed E-state index contributed by atoms with van der Waals surface area (Å²) in [5, 5.41) is 0. The van der Waals surface area contributed by atoms with E-state index in [1.54, 1.807) is 31.7 Å². The van der Waals surface area contributed by atoms with Crippen molar-refractivity contribution in [2.24, 2.45) is 0 Å². The maximum Gasteiger partial charge on any atom is 0.338 e. The van der Waals surface area contributed by atoms with Crippen LogP contribution in [0.25, 0.3) is 10.2 Å². The second-order valence-corrected chi connectivity index (χ2v) is 3.98. The summed E-state index contributed by atoms with van der Waals surface area (Å²) >= 11 is 1.47. The van der Waals surface area contributed by atoms with Crippen molar-refractivity contribution >= 4 is 27.5 Å². The summed E-state index contributed by atoms with van der Waals surface area (Å²) < 4.78 is 11.1. The fraction of sp³-hybridized carbons (Fsp3) is 0.273. The molecular weight excluding hydrogens is 226 g/mol. The van der Waals surface area contributed by atoms with Gasteiger partial charge in [-0.15, -0.1) is 11.3 Å². The molecule has 0 amide bonds. The van der Waals surface area contributed by atoms with Crippen LogP contribution in [0.3, 0.4) is 0 Å². The summed E-state index contributed by atoms with van der Waals surface area (Å²) in [6, 6.07) is 3.42. The average molecular weight is 237 g/mol. The number of esters is 1. The smallest absolute Gasteiger partial charge is 0.338 e. The minimum absolute atomic E-state index is 0.337. The van der Waals surface area contributed by atoms with Crippen LogP contribution in [0.1, 0.15) is 17.3 Å². The van der Waals surface area contributed by atoms with Gasteiger partial charge in [-0.05, 0) is 19.1 Å². The second-order valence-electron chi connectivity index (χ2n) is 3.10. The Labute approximate surface area is 96.8 Å². The number of ether oxygens (including phenoxy) is 2. The third-order valence-corrected chi connectivity index (χ3v) is 2.91. The van der Waals surface area contributed by atoms with E-state index in [-0.39, 0.29) is 5.97 Å². The zero-order valence-electron chi connectivity index (χ0n) is 9.02. The standard InChI is InChI=1S/C11H11NO3S/c1-3-15-11(13)7-4-8(14-2)10-9(5-7)16-6-12-10/h4-6H,3H2,1-2H3. The van der Waals surface area contributed by atoms with Crippen molar-refractivity contribution in [1.82, 2.24) is 4.98 Å². The zero-order valence-corrected chi connectivity index (χ0v) is 9.84. The molecule has 16 heavy (non-hydrogen) atoms. The number of aromatic nitrogens is 1. The molecule has 0 aliphatic rings. The molecule has 1 heterocycles. The van der Waals surface area contributed by atoms with E-state index in [0.717, 1.165) is 10.2 Å². The van der Waals surface area contributed by atoms with Crippen LogP contribution in [0, 0.1) is 0 Å².